The van der Waals surface area contributed by atoms with E-state index in [4.69, 9.17) is 4.52 Å². The average Bonchev–Trinajstić information content (AvgIpc) is 2.94. The second-order valence-corrected chi connectivity index (χ2v) is 6.41. The summed E-state index contributed by atoms with van der Waals surface area (Å²) in [5, 5.41) is 3.93. The van der Waals surface area contributed by atoms with Gasteiger partial charge in [0.15, 0.2) is 0 Å². The molecule has 2 aromatic rings. The minimum atomic E-state index is 0.109. The molecule has 1 saturated heterocycles. The van der Waals surface area contributed by atoms with Crippen LogP contribution < -0.4 is 4.90 Å². The van der Waals surface area contributed by atoms with Crippen LogP contribution in [-0.4, -0.2) is 47.1 Å². The molecule has 128 valence electrons. The summed E-state index contributed by atoms with van der Waals surface area (Å²) >= 11 is 0. The number of hydrogen-bond donors (Lipinski definition) is 0. The van der Waals surface area contributed by atoms with E-state index < -0.39 is 0 Å². The van der Waals surface area contributed by atoms with Crippen molar-refractivity contribution < 1.29 is 9.32 Å². The predicted octanol–water partition coefficient (Wildman–Crippen LogP) is 2.36. The summed E-state index contributed by atoms with van der Waals surface area (Å²) in [6, 6.07) is 6.14. The van der Waals surface area contributed by atoms with E-state index >= 15 is 0 Å². The molecule has 1 amide bonds. The second-order valence-electron chi connectivity index (χ2n) is 6.41. The maximum absolute atomic E-state index is 12.7. The van der Waals surface area contributed by atoms with Crippen molar-refractivity contribution in [3.05, 3.63) is 41.4 Å². The summed E-state index contributed by atoms with van der Waals surface area (Å²) in [5.74, 6) is 1.82. The summed E-state index contributed by atoms with van der Waals surface area (Å²) in [5.41, 5.74) is 1.71. The zero-order chi connectivity index (χ0) is 17.1. The predicted molar refractivity (Wildman–Crippen MR) is 91.9 cm³/mol. The van der Waals surface area contributed by atoms with Gasteiger partial charge in [0.05, 0.1) is 12.1 Å². The lowest BCUT2D eigenvalue weighted by Gasteiger charge is -2.38. The number of aryl methyl sites for hydroxylation is 2. The van der Waals surface area contributed by atoms with Gasteiger partial charge in [0.2, 0.25) is 5.91 Å². The summed E-state index contributed by atoms with van der Waals surface area (Å²) in [4.78, 5) is 21.2. The monoisotopic (exact) mass is 328 g/mol. The fourth-order valence-corrected chi connectivity index (χ4v) is 3.25. The Morgan fingerprint density at radius 3 is 2.92 bits per heavy atom. The maximum atomic E-state index is 12.7. The molecule has 0 radical (unpaired) electrons. The molecule has 0 N–H and O–H groups in total. The number of carbonyl (C=O) groups is 1. The van der Waals surface area contributed by atoms with Gasteiger partial charge >= 0.3 is 0 Å². The quantitative estimate of drug-likeness (QED) is 0.862. The van der Waals surface area contributed by atoms with Crippen molar-refractivity contribution >= 4 is 11.7 Å². The average molecular weight is 328 g/mol. The molecular formula is C18H24N4O2. The maximum Gasteiger partial charge on any atom is 0.227 e. The van der Waals surface area contributed by atoms with Crippen LogP contribution in [-0.2, 0) is 11.2 Å². The minimum absolute atomic E-state index is 0.109. The molecule has 0 aromatic carbocycles. The van der Waals surface area contributed by atoms with E-state index in [1.807, 2.05) is 50.2 Å². The van der Waals surface area contributed by atoms with Gasteiger partial charge in [-0.3, -0.25) is 4.79 Å². The summed E-state index contributed by atoms with van der Waals surface area (Å²) < 4.78 is 5.16. The van der Waals surface area contributed by atoms with E-state index in [1.54, 1.807) is 0 Å². The van der Waals surface area contributed by atoms with Crippen LogP contribution in [0.4, 0.5) is 5.82 Å². The molecule has 0 saturated carbocycles. The van der Waals surface area contributed by atoms with Gasteiger partial charge < -0.3 is 14.3 Å². The Kier molecular flexibility index (Phi) is 4.83. The van der Waals surface area contributed by atoms with Gasteiger partial charge in [0.1, 0.15) is 11.6 Å². The zero-order valence-electron chi connectivity index (χ0n) is 14.5. The first-order chi connectivity index (χ1) is 11.6. The number of likely N-dealkylation sites (N-methyl/N-ethyl adjacent to an activating group) is 1. The largest absolute Gasteiger partial charge is 0.361 e. The van der Waals surface area contributed by atoms with Gasteiger partial charge in [-0.1, -0.05) is 11.2 Å². The van der Waals surface area contributed by atoms with Crippen molar-refractivity contribution in [3.8, 4) is 0 Å². The Hall–Kier alpha value is -2.37. The molecule has 0 unspecified atom stereocenters. The smallest absolute Gasteiger partial charge is 0.227 e. The third kappa shape index (κ3) is 3.42. The normalized spacial score (nSPS) is 17.8. The van der Waals surface area contributed by atoms with E-state index in [9.17, 15) is 4.79 Å². The second kappa shape index (κ2) is 7.03. The number of nitrogens with zero attached hydrogens (tertiary/aromatic N) is 4. The highest BCUT2D eigenvalue weighted by atomic mass is 16.5. The number of pyridine rings is 1. The highest BCUT2D eigenvalue weighted by Gasteiger charge is 2.27. The fourth-order valence-electron chi connectivity index (χ4n) is 3.25. The number of aromatic nitrogens is 2. The minimum Gasteiger partial charge on any atom is -0.361 e. The van der Waals surface area contributed by atoms with E-state index in [2.05, 4.69) is 15.0 Å². The molecule has 0 aliphatic carbocycles. The van der Waals surface area contributed by atoms with Crippen LogP contribution in [0.1, 0.15) is 29.9 Å². The third-order valence-electron chi connectivity index (χ3n) is 4.82. The molecule has 24 heavy (non-hydrogen) atoms. The SMILES string of the molecule is Cc1noc(C)c1CC(=O)N(C)[C@H]1CCCN(c2ccccn2)C1. The van der Waals surface area contributed by atoms with Crippen LogP contribution in [0, 0.1) is 13.8 Å². The number of amides is 1. The van der Waals surface area contributed by atoms with Gasteiger partial charge in [-0.2, -0.15) is 0 Å². The zero-order valence-corrected chi connectivity index (χ0v) is 14.5. The standard InChI is InChI=1S/C18H24N4O2/c1-13-16(14(2)24-20-13)11-18(23)21(3)15-7-6-10-22(12-15)17-8-4-5-9-19-17/h4-5,8-9,15H,6-7,10-12H2,1-3H3/t15-/m0/s1. The lowest BCUT2D eigenvalue weighted by atomic mass is 10.0. The Labute approximate surface area is 142 Å². The van der Waals surface area contributed by atoms with Crippen LogP contribution in [0.25, 0.3) is 0 Å². The first-order valence-corrected chi connectivity index (χ1v) is 8.39. The fraction of sp³-hybridized carbons (Fsp3) is 0.500. The van der Waals surface area contributed by atoms with Gasteiger partial charge in [-0.15, -0.1) is 0 Å². The Morgan fingerprint density at radius 1 is 1.42 bits per heavy atom. The molecule has 6 nitrogen and oxygen atoms in total. The number of carbonyl (C=O) groups excluding carboxylic acids is 1. The van der Waals surface area contributed by atoms with E-state index in [-0.39, 0.29) is 11.9 Å². The van der Waals surface area contributed by atoms with Crippen LogP contribution in [0.5, 0.6) is 0 Å². The van der Waals surface area contributed by atoms with Crippen LogP contribution in [0.15, 0.2) is 28.9 Å². The van der Waals surface area contributed by atoms with Gasteiger partial charge in [-0.05, 0) is 38.8 Å². The van der Waals surface area contributed by atoms with Crippen molar-refractivity contribution in [2.75, 3.05) is 25.0 Å². The number of hydrogen-bond acceptors (Lipinski definition) is 5. The van der Waals surface area contributed by atoms with E-state index in [0.717, 1.165) is 48.8 Å². The first-order valence-electron chi connectivity index (χ1n) is 8.39. The topological polar surface area (TPSA) is 62.5 Å². The molecule has 2 aromatic heterocycles. The van der Waals surface area contributed by atoms with Crippen molar-refractivity contribution in [1.82, 2.24) is 15.0 Å². The highest BCUT2D eigenvalue weighted by Crippen LogP contribution is 2.21. The molecule has 0 spiro atoms. The number of piperidine rings is 1. The Bertz CT molecular complexity index is 679. The molecule has 1 fully saturated rings. The van der Waals surface area contributed by atoms with Gasteiger partial charge in [0.25, 0.3) is 0 Å². The molecule has 0 bridgehead atoms. The molecule has 1 atom stereocenters. The molecule has 3 heterocycles. The summed E-state index contributed by atoms with van der Waals surface area (Å²) in [6.45, 7) is 5.54. The number of rotatable bonds is 4. The van der Waals surface area contributed by atoms with Crippen molar-refractivity contribution in [2.24, 2.45) is 0 Å². The molecular weight excluding hydrogens is 304 g/mol. The van der Waals surface area contributed by atoms with Crippen molar-refractivity contribution in [2.45, 2.75) is 39.2 Å². The first kappa shape index (κ1) is 16.5. The van der Waals surface area contributed by atoms with E-state index in [1.165, 1.54) is 0 Å². The van der Waals surface area contributed by atoms with Crippen molar-refractivity contribution in [1.29, 1.82) is 0 Å². The van der Waals surface area contributed by atoms with Gasteiger partial charge in [0, 0.05) is 37.9 Å². The molecule has 3 rings (SSSR count). The Morgan fingerprint density at radius 2 is 2.25 bits per heavy atom. The third-order valence-corrected chi connectivity index (χ3v) is 4.82. The van der Waals surface area contributed by atoms with Crippen LogP contribution >= 0.6 is 0 Å². The Balaban J connectivity index is 1.66. The molecule has 6 heteroatoms. The summed E-state index contributed by atoms with van der Waals surface area (Å²) in [7, 11) is 1.90. The molecule has 1 aliphatic rings. The van der Waals surface area contributed by atoms with E-state index in [0.29, 0.717) is 6.42 Å². The highest BCUT2D eigenvalue weighted by molar-refractivity contribution is 5.79. The van der Waals surface area contributed by atoms with Crippen LogP contribution in [0.3, 0.4) is 0 Å². The van der Waals surface area contributed by atoms with Gasteiger partial charge in [-0.25, -0.2) is 4.98 Å². The molecule has 1 aliphatic heterocycles. The van der Waals surface area contributed by atoms with Crippen LogP contribution in [0.2, 0.25) is 0 Å². The lowest BCUT2D eigenvalue weighted by Crippen LogP contribution is -2.49. The van der Waals surface area contributed by atoms with Crippen molar-refractivity contribution in [3.63, 3.8) is 0 Å². The lowest BCUT2D eigenvalue weighted by molar-refractivity contribution is -0.131. The number of anilines is 1. The summed E-state index contributed by atoms with van der Waals surface area (Å²) in [6.07, 6.45) is 4.24.